The summed E-state index contributed by atoms with van der Waals surface area (Å²) in [6.07, 6.45) is 0.856. The Morgan fingerprint density at radius 1 is 1.26 bits per heavy atom. The number of nitrogens with two attached hydrogens (primary N) is 1. The Balaban J connectivity index is 2.69. The number of oxime groups is 1. The largest absolute Gasteiger partial charge is 0.493 e. The van der Waals surface area contributed by atoms with E-state index in [1.165, 1.54) is 0 Å². The number of nitrogens with zero attached hydrogens (tertiary/aromatic N) is 1. The van der Waals surface area contributed by atoms with E-state index in [-0.39, 0.29) is 5.84 Å². The van der Waals surface area contributed by atoms with Gasteiger partial charge in [-0.2, -0.15) is 0 Å². The fourth-order valence-electron chi connectivity index (χ4n) is 1.86. The highest BCUT2D eigenvalue weighted by Gasteiger charge is 2.08. The molecule has 1 rings (SSSR count). The number of rotatable bonds is 7. The van der Waals surface area contributed by atoms with Gasteiger partial charge in [-0.05, 0) is 44.0 Å². The highest BCUT2D eigenvalue weighted by Crippen LogP contribution is 2.24. The molecule has 1 aromatic carbocycles. The van der Waals surface area contributed by atoms with Crippen LogP contribution in [0.4, 0.5) is 0 Å². The molecule has 0 aliphatic heterocycles. The number of hydrogen-bond acceptors (Lipinski definition) is 4. The second-order valence-corrected chi connectivity index (χ2v) is 4.32. The SMILES string of the molecule is CCOCCCOc1c(C)cc(C(N)=NO)cc1C. The van der Waals surface area contributed by atoms with Crippen molar-refractivity contribution in [2.45, 2.75) is 27.2 Å². The monoisotopic (exact) mass is 266 g/mol. The Hall–Kier alpha value is -1.75. The van der Waals surface area contributed by atoms with E-state index in [1.54, 1.807) is 0 Å². The zero-order valence-corrected chi connectivity index (χ0v) is 11.8. The third kappa shape index (κ3) is 4.44. The third-order valence-electron chi connectivity index (χ3n) is 2.75. The summed E-state index contributed by atoms with van der Waals surface area (Å²) in [7, 11) is 0. The van der Waals surface area contributed by atoms with Gasteiger partial charge in [0.2, 0.25) is 0 Å². The van der Waals surface area contributed by atoms with Crippen molar-refractivity contribution in [3.63, 3.8) is 0 Å². The van der Waals surface area contributed by atoms with E-state index in [0.29, 0.717) is 18.8 Å². The van der Waals surface area contributed by atoms with Crippen molar-refractivity contribution in [2.75, 3.05) is 19.8 Å². The molecule has 0 bridgehead atoms. The van der Waals surface area contributed by atoms with Gasteiger partial charge >= 0.3 is 0 Å². The first-order valence-electron chi connectivity index (χ1n) is 6.39. The number of aryl methyl sites for hydroxylation is 2. The Kier molecular flexibility index (Phi) is 6.15. The lowest BCUT2D eigenvalue weighted by Gasteiger charge is -2.13. The van der Waals surface area contributed by atoms with E-state index >= 15 is 0 Å². The Morgan fingerprint density at radius 3 is 2.42 bits per heavy atom. The van der Waals surface area contributed by atoms with E-state index < -0.39 is 0 Å². The van der Waals surface area contributed by atoms with Crippen LogP contribution in [0.5, 0.6) is 5.75 Å². The van der Waals surface area contributed by atoms with Crippen LogP contribution in [0.25, 0.3) is 0 Å². The summed E-state index contributed by atoms with van der Waals surface area (Å²) >= 11 is 0. The third-order valence-corrected chi connectivity index (χ3v) is 2.75. The predicted octanol–water partition coefficient (Wildman–Crippen LogP) is 2.20. The summed E-state index contributed by atoms with van der Waals surface area (Å²) in [5.41, 5.74) is 8.21. The average molecular weight is 266 g/mol. The molecule has 0 aliphatic carbocycles. The molecule has 0 fully saturated rings. The van der Waals surface area contributed by atoms with Crippen molar-refractivity contribution < 1.29 is 14.7 Å². The van der Waals surface area contributed by atoms with Gasteiger partial charge in [0.05, 0.1) is 6.61 Å². The Morgan fingerprint density at radius 2 is 1.89 bits per heavy atom. The van der Waals surface area contributed by atoms with Gasteiger partial charge < -0.3 is 20.4 Å². The fraction of sp³-hybridized carbons (Fsp3) is 0.500. The minimum absolute atomic E-state index is 0.106. The van der Waals surface area contributed by atoms with Crippen molar-refractivity contribution in [2.24, 2.45) is 10.9 Å². The Labute approximate surface area is 114 Å². The molecular formula is C14H22N2O3. The molecule has 5 heteroatoms. The fourth-order valence-corrected chi connectivity index (χ4v) is 1.86. The number of ether oxygens (including phenoxy) is 2. The molecule has 0 radical (unpaired) electrons. The van der Waals surface area contributed by atoms with Gasteiger partial charge in [0, 0.05) is 25.2 Å². The summed E-state index contributed by atoms with van der Waals surface area (Å²) in [6, 6.07) is 3.69. The van der Waals surface area contributed by atoms with Gasteiger partial charge in [0.1, 0.15) is 5.75 Å². The van der Waals surface area contributed by atoms with E-state index in [4.69, 9.17) is 20.4 Å². The molecule has 0 spiro atoms. The van der Waals surface area contributed by atoms with Crippen LogP contribution in [0.3, 0.4) is 0 Å². The lowest BCUT2D eigenvalue weighted by molar-refractivity contribution is 0.130. The summed E-state index contributed by atoms with van der Waals surface area (Å²) < 4.78 is 11.0. The quantitative estimate of drug-likeness (QED) is 0.261. The van der Waals surface area contributed by atoms with Crippen LogP contribution in [-0.4, -0.2) is 30.9 Å². The molecule has 0 amide bonds. The smallest absolute Gasteiger partial charge is 0.170 e. The molecule has 0 atom stereocenters. The summed E-state index contributed by atoms with van der Waals surface area (Å²) in [4.78, 5) is 0. The standard InChI is InChI=1S/C14H22N2O3/c1-4-18-6-5-7-19-13-10(2)8-12(9-11(13)3)14(15)16-17/h8-9,17H,4-7H2,1-3H3,(H2,15,16). The lowest BCUT2D eigenvalue weighted by atomic mass is 10.1. The van der Waals surface area contributed by atoms with Gasteiger partial charge in [-0.25, -0.2) is 0 Å². The van der Waals surface area contributed by atoms with Crippen LogP contribution in [0.2, 0.25) is 0 Å². The van der Waals surface area contributed by atoms with Crippen molar-refractivity contribution in [1.29, 1.82) is 0 Å². The maximum Gasteiger partial charge on any atom is 0.170 e. The number of amidine groups is 1. The molecule has 5 nitrogen and oxygen atoms in total. The maximum atomic E-state index is 8.68. The Bertz CT molecular complexity index is 421. The topological polar surface area (TPSA) is 77.1 Å². The zero-order chi connectivity index (χ0) is 14.3. The number of benzene rings is 1. The molecule has 19 heavy (non-hydrogen) atoms. The second kappa shape index (κ2) is 7.63. The van der Waals surface area contributed by atoms with Crippen LogP contribution in [0.1, 0.15) is 30.0 Å². The first-order valence-corrected chi connectivity index (χ1v) is 6.39. The summed E-state index contributed by atoms with van der Waals surface area (Å²) in [5.74, 6) is 0.958. The first-order chi connectivity index (χ1) is 9.10. The van der Waals surface area contributed by atoms with Gasteiger partial charge in [0.15, 0.2) is 5.84 Å². The maximum absolute atomic E-state index is 8.68. The van der Waals surface area contributed by atoms with Crippen LogP contribution in [-0.2, 0) is 4.74 Å². The van der Waals surface area contributed by atoms with Crippen molar-refractivity contribution >= 4 is 5.84 Å². The highest BCUT2D eigenvalue weighted by atomic mass is 16.5. The van der Waals surface area contributed by atoms with Crippen LogP contribution >= 0.6 is 0 Å². The molecule has 0 aromatic heterocycles. The van der Waals surface area contributed by atoms with Gasteiger partial charge in [-0.1, -0.05) is 5.16 Å². The van der Waals surface area contributed by atoms with Crippen molar-refractivity contribution in [3.05, 3.63) is 28.8 Å². The molecular weight excluding hydrogens is 244 g/mol. The second-order valence-electron chi connectivity index (χ2n) is 4.32. The predicted molar refractivity (Wildman–Crippen MR) is 75.0 cm³/mol. The molecule has 0 saturated heterocycles. The van der Waals surface area contributed by atoms with E-state index in [9.17, 15) is 0 Å². The van der Waals surface area contributed by atoms with E-state index in [2.05, 4.69) is 5.16 Å². The van der Waals surface area contributed by atoms with E-state index in [0.717, 1.165) is 29.9 Å². The van der Waals surface area contributed by atoms with Crippen molar-refractivity contribution in [1.82, 2.24) is 0 Å². The van der Waals surface area contributed by atoms with Crippen molar-refractivity contribution in [3.8, 4) is 5.75 Å². The highest BCUT2D eigenvalue weighted by molar-refractivity contribution is 5.97. The lowest BCUT2D eigenvalue weighted by Crippen LogP contribution is -2.14. The molecule has 0 saturated carbocycles. The normalized spacial score (nSPS) is 11.6. The van der Waals surface area contributed by atoms with Gasteiger partial charge in [-0.3, -0.25) is 0 Å². The average Bonchev–Trinajstić information content (AvgIpc) is 2.40. The summed E-state index contributed by atoms with van der Waals surface area (Å²) in [6.45, 7) is 7.91. The first kappa shape index (κ1) is 15.3. The van der Waals surface area contributed by atoms with Gasteiger partial charge in [-0.15, -0.1) is 0 Å². The molecule has 3 N–H and O–H groups in total. The molecule has 1 aromatic rings. The van der Waals surface area contributed by atoms with Crippen LogP contribution in [0.15, 0.2) is 17.3 Å². The number of hydrogen-bond donors (Lipinski definition) is 2. The molecule has 0 heterocycles. The molecule has 0 aliphatic rings. The zero-order valence-electron chi connectivity index (χ0n) is 11.8. The van der Waals surface area contributed by atoms with Crippen LogP contribution < -0.4 is 10.5 Å². The minimum atomic E-state index is 0.106. The van der Waals surface area contributed by atoms with Gasteiger partial charge in [0.25, 0.3) is 0 Å². The minimum Gasteiger partial charge on any atom is -0.493 e. The summed E-state index contributed by atoms with van der Waals surface area (Å²) in [5, 5.41) is 11.7. The van der Waals surface area contributed by atoms with E-state index in [1.807, 2.05) is 32.9 Å². The molecule has 0 unspecified atom stereocenters. The molecule has 106 valence electrons. The van der Waals surface area contributed by atoms with Crippen LogP contribution in [0, 0.1) is 13.8 Å².